The number of hydrogen-bond donors (Lipinski definition) is 2. The lowest BCUT2D eigenvalue weighted by Gasteiger charge is -2.25. The molecule has 1 aliphatic heterocycles. The zero-order valence-electron chi connectivity index (χ0n) is 12.7. The Morgan fingerprint density at radius 3 is 2.62 bits per heavy atom. The summed E-state index contributed by atoms with van der Waals surface area (Å²) in [6, 6.07) is 10.2. The Bertz CT molecular complexity index is 803. The molecular weight excluding hydrogens is 351 g/mol. The molecule has 0 radical (unpaired) electrons. The summed E-state index contributed by atoms with van der Waals surface area (Å²) in [6.45, 7) is 1.92. The zero-order valence-corrected chi connectivity index (χ0v) is 14.2. The van der Waals surface area contributed by atoms with E-state index in [9.17, 15) is 9.59 Å². The van der Waals surface area contributed by atoms with Crippen LogP contribution in [-0.4, -0.2) is 17.9 Å². The lowest BCUT2D eigenvalue weighted by molar-refractivity contribution is -0.128. The molecular formula is C17H14Cl2N2O3. The highest BCUT2D eigenvalue weighted by molar-refractivity contribution is 6.35. The summed E-state index contributed by atoms with van der Waals surface area (Å²) < 4.78 is 5.63. The Morgan fingerprint density at radius 1 is 1.21 bits per heavy atom. The van der Waals surface area contributed by atoms with Crippen LogP contribution in [-0.2, 0) is 9.59 Å². The summed E-state index contributed by atoms with van der Waals surface area (Å²) in [7, 11) is 0. The van der Waals surface area contributed by atoms with E-state index in [-0.39, 0.29) is 18.2 Å². The third-order valence-corrected chi connectivity index (χ3v) is 3.91. The summed E-state index contributed by atoms with van der Waals surface area (Å²) in [6.07, 6.45) is -1.02. The largest absolute Gasteiger partial charge is 0.478 e. The van der Waals surface area contributed by atoms with Gasteiger partial charge in [-0.2, -0.15) is 0 Å². The number of amides is 2. The maximum Gasteiger partial charge on any atom is 0.266 e. The van der Waals surface area contributed by atoms with Gasteiger partial charge in [0.1, 0.15) is 5.75 Å². The minimum Gasteiger partial charge on any atom is -0.478 e. The van der Waals surface area contributed by atoms with Gasteiger partial charge in [-0.25, -0.2) is 0 Å². The summed E-state index contributed by atoms with van der Waals surface area (Å²) in [5.41, 5.74) is 2.08. The molecule has 0 spiro atoms. The molecule has 24 heavy (non-hydrogen) atoms. The van der Waals surface area contributed by atoms with Crippen LogP contribution in [0.25, 0.3) is 0 Å². The van der Waals surface area contributed by atoms with Gasteiger partial charge in [-0.1, -0.05) is 29.3 Å². The maximum absolute atomic E-state index is 12.2. The van der Waals surface area contributed by atoms with Gasteiger partial charge in [0.2, 0.25) is 5.91 Å². The van der Waals surface area contributed by atoms with Crippen molar-refractivity contribution in [3.63, 3.8) is 0 Å². The van der Waals surface area contributed by atoms with E-state index in [1.54, 1.807) is 24.3 Å². The molecule has 0 bridgehead atoms. The van der Waals surface area contributed by atoms with Crippen molar-refractivity contribution in [1.82, 2.24) is 0 Å². The van der Waals surface area contributed by atoms with Crippen LogP contribution in [0.2, 0.25) is 10.0 Å². The van der Waals surface area contributed by atoms with Crippen molar-refractivity contribution in [3.05, 3.63) is 52.0 Å². The lowest BCUT2D eigenvalue weighted by Crippen LogP contribution is -2.39. The number of fused-ring (bicyclic) bond motifs is 1. The molecule has 5 nitrogen and oxygen atoms in total. The molecule has 2 N–H and O–H groups in total. The van der Waals surface area contributed by atoms with Crippen molar-refractivity contribution in [2.24, 2.45) is 0 Å². The van der Waals surface area contributed by atoms with E-state index in [4.69, 9.17) is 27.9 Å². The molecule has 0 saturated heterocycles. The standard InChI is InChI=1S/C17H14Cl2N2O3/c1-9-2-3-14-13(4-9)21-17(23)15(24-14)8-16(22)20-12-6-10(18)5-11(19)7-12/h2-7,15H,8H2,1H3,(H,20,22)(H,21,23). The van der Waals surface area contributed by atoms with E-state index in [0.717, 1.165) is 5.56 Å². The molecule has 2 aromatic carbocycles. The zero-order chi connectivity index (χ0) is 17.3. The van der Waals surface area contributed by atoms with Crippen LogP contribution in [0.4, 0.5) is 11.4 Å². The third kappa shape index (κ3) is 3.80. The van der Waals surface area contributed by atoms with Gasteiger partial charge in [-0.3, -0.25) is 9.59 Å². The number of nitrogens with one attached hydrogen (secondary N) is 2. The van der Waals surface area contributed by atoms with Crippen molar-refractivity contribution in [2.75, 3.05) is 10.6 Å². The number of aryl methyl sites for hydroxylation is 1. The lowest BCUT2D eigenvalue weighted by atomic mass is 10.1. The normalized spacial score (nSPS) is 16.0. The number of ether oxygens (including phenoxy) is 1. The topological polar surface area (TPSA) is 67.4 Å². The second kappa shape index (κ2) is 6.71. The van der Waals surface area contributed by atoms with E-state index >= 15 is 0 Å². The number of hydrogen-bond acceptors (Lipinski definition) is 3. The molecule has 2 aromatic rings. The van der Waals surface area contributed by atoms with E-state index in [1.807, 2.05) is 19.1 Å². The van der Waals surface area contributed by atoms with Crippen LogP contribution < -0.4 is 15.4 Å². The molecule has 0 fully saturated rings. The Balaban J connectivity index is 1.68. The number of rotatable bonds is 3. The van der Waals surface area contributed by atoms with Crippen LogP contribution in [0.1, 0.15) is 12.0 Å². The second-order valence-electron chi connectivity index (χ2n) is 5.51. The Hall–Kier alpha value is -2.24. The van der Waals surface area contributed by atoms with Gasteiger partial charge < -0.3 is 15.4 Å². The van der Waals surface area contributed by atoms with Gasteiger partial charge >= 0.3 is 0 Å². The van der Waals surface area contributed by atoms with Gasteiger partial charge in [0, 0.05) is 15.7 Å². The van der Waals surface area contributed by atoms with Crippen LogP contribution in [0.15, 0.2) is 36.4 Å². The number of benzene rings is 2. The predicted octanol–water partition coefficient (Wildman–Crippen LogP) is 4.03. The summed E-state index contributed by atoms with van der Waals surface area (Å²) >= 11 is 11.8. The van der Waals surface area contributed by atoms with E-state index in [1.165, 1.54) is 0 Å². The van der Waals surface area contributed by atoms with Crippen LogP contribution >= 0.6 is 23.2 Å². The Kier molecular flexibility index (Phi) is 4.64. The minimum absolute atomic E-state index is 0.122. The van der Waals surface area contributed by atoms with E-state index in [2.05, 4.69) is 10.6 Å². The first-order valence-corrected chi connectivity index (χ1v) is 8.00. The van der Waals surface area contributed by atoms with Gasteiger partial charge in [0.05, 0.1) is 12.1 Å². The number of carbonyl (C=O) groups is 2. The fourth-order valence-corrected chi connectivity index (χ4v) is 2.93. The summed E-state index contributed by atoms with van der Waals surface area (Å²) in [5.74, 6) is -0.180. The average molecular weight is 365 g/mol. The smallest absolute Gasteiger partial charge is 0.266 e. The molecule has 1 unspecified atom stereocenters. The summed E-state index contributed by atoms with van der Waals surface area (Å²) in [5, 5.41) is 6.23. The van der Waals surface area contributed by atoms with Crippen molar-refractivity contribution in [3.8, 4) is 5.75 Å². The minimum atomic E-state index is -0.894. The monoisotopic (exact) mass is 364 g/mol. The first-order chi connectivity index (χ1) is 11.4. The molecule has 0 aromatic heterocycles. The molecule has 7 heteroatoms. The number of halogens is 2. The van der Waals surface area contributed by atoms with E-state index < -0.39 is 6.10 Å². The maximum atomic E-state index is 12.2. The molecule has 2 amide bonds. The molecule has 1 aliphatic rings. The Morgan fingerprint density at radius 2 is 1.92 bits per heavy atom. The molecule has 124 valence electrons. The Labute approximate surface area is 148 Å². The first kappa shape index (κ1) is 16.6. The predicted molar refractivity (Wildman–Crippen MR) is 93.9 cm³/mol. The van der Waals surface area contributed by atoms with Crippen LogP contribution in [0.3, 0.4) is 0 Å². The first-order valence-electron chi connectivity index (χ1n) is 7.25. The van der Waals surface area contributed by atoms with Crippen LogP contribution in [0, 0.1) is 6.92 Å². The highest BCUT2D eigenvalue weighted by Crippen LogP contribution is 2.31. The molecule has 0 aliphatic carbocycles. The highest BCUT2D eigenvalue weighted by atomic mass is 35.5. The number of carbonyl (C=O) groups excluding carboxylic acids is 2. The average Bonchev–Trinajstić information content (AvgIpc) is 2.47. The number of anilines is 2. The second-order valence-corrected chi connectivity index (χ2v) is 6.38. The van der Waals surface area contributed by atoms with Gasteiger partial charge in [-0.05, 0) is 42.8 Å². The van der Waals surface area contributed by atoms with Crippen LogP contribution in [0.5, 0.6) is 5.75 Å². The van der Waals surface area contributed by atoms with E-state index in [0.29, 0.717) is 27.2 Å². The molecule has 0 saturated carbocycles. The quantitative estimate of drug-likeness (QED) is 0.863. The SMILES string of the molecule is Cc1ccc2c(c1)NC(=O)C(CC(=O)Nc1cc(Cl)cc(Cl)c1)O2. The van der Waals surface area contributed by atoms with Gasteiger partial charge in [0.15, 0.2) is 6.10 Å². The van der Waals surface area contributed by atoms with Gasteiger partial charge in [-0.15, -0.1) is 0 Å². The molecule has 3 rings (SSSR count). The van der Waals surface area contributed by atoms with Crippen molar-refractivity contribution in [2.45, 2.75) is 19.4 Å². The fourth-order valence-electron chi connectivity index (χ4n) is 2.41. The fraction of sp³-hybridized carbons (Fsp3) is 0.176. The van der Waals surface area contributed by atoms with Crippen molar-refractivity contribution in [1.29, 1.82) is 0 Å². The third-order valence-electron chi connectivity index (χ3n) is 3.47. The summed E-state index contributed by atoms with van der Waals surface area (Å²) in [4.78, 5) is 24.3. The molecule has 1 atom stereocenters. The highest BCUT2D eigenvalue weighted by Gasteiger charge is 2.29. The van der Waals surface area contributed by atoms with Crippen molar-refractivity contribution >= 4 is 46.4 Å². The van der Waals surface area contributed by atoms with Crippen molar-refractivity contribution < 1.29 is 14.3 Å². The molecule has 1 heterocycles. The van der Waals surface area contributed by atoms with Gasteiger partial charge in [0.25, 0.3) is 5.91 Å².